The van der Waals surface area contributed by atoms with Crippen molar-refractivity contribution in [3.8, 4) is 5.75 Å². The minimum Gasteiger partial charge on any atom is -0.491 e. The van der Waals surface area contributed by atoms with Gasteiger partial charge in [-0.25, -0.2) is 13.1 Å². The van der Waals surface area contributed by atoms with Crippen LogP contribution in [0.15, 0.2) is 36.4 Å². The van der Waals surface area contributed by atoms with Gasteiger partial charge in [0.2, 0.25) is 10.0 Å². The number of carbonyl (C=O) groups excluding carboxylic acids is 1. The third-order valence-corrected chi connectivity index (χ3v) is 12.6. The molecule has 9 heteroatoms. The highest BCUT2D eigenvalue weighted by atomic mass is 35.5. The molecule has 43 heavy (non-hydrogen) atoms. The Balaban J connectivity index is 1.53. The zero-order valence-electron chi connectivity index (χ0n) is 25.9. The quantitative estimate of drug-likeness (QED) is 0.397. The Hall–Kier alpha value is -2.29. The van der Waals surface area contributed by atoms with Crippen LogP contribution < -0.4 is 14.4 Å². The van der Waals surface area contributed by atoms with Gasteiger partial charge in [-0.3, -0.25) is 4.79 Å². The van der Waals surface area contributed by atoms with E-state index in [1.165, 1.54) is 11.1 Å². The third-order valence-electron chi connectivity index (χ3n) is 10.5. The summed E-state index contributed by atoms with van der Waals surface area (Å²) in [5, 5.41) is 11.3. The van der Waals surface area contributed by atoms with Crippen molar-refractivity contribution in [2.24, 2.45) is 23.7 Å². The van der Waals surface area contributed by atoms with E-state index in [2.05, 4.69) is 28.7 Å². The molecular formula is C34H47ClN2O5S. The molecule has 0 radical (unpaired) electrons. The number of aliphatic hydroxyl groups excluding tert-OH is 1. The van der Waals surface area contributed by atoms with Crippen LogP contribution in [0.25, 0.3) is 0 Å². The molecule has 0 saturated heterocycles. The van der Waals surface area contributed by atoms with Gasteiger partial charge < -0.3 is 14.7 Å². The van der Waals surface area contributed by atoms with Gasteiger partial charge in [0.05, 0.1) is 23.6 Å². The monoisotopic (exact) mass is 630 g/mol. The maximum Gasteiger partial charge on any atom is 0.264 e. The highest BCUT2D eigenvalue weighted by molar-refractivity contribution is 7.90. The lowest BCUT2D eigenvalue weighted by molar-refractivity contribution is 0.00629. The molecule has 1 fully saturated rings. The molecule has 7 atom stereocenters. The lowest BCUT2D eigenvalue weighted by atomic mass is 9.69. The molecule has 0 aromatic heterocycles. The third kappa shape index (κ3) is 7.02. The number of aliphatic hydroxyl groups is 1. The summed E-state index contributed by atoms with van der Waals surface area (Å²) in [7, 11) is -3.91. The second-order valence-electron chi connectivity index (χ2n) is 13.2. The number of ether oxygens (including phenoxy) is 1. The van der Waals surface area contributed by atoms with Crippen LogP contribution >= 0.6 is 11.6 Å². The SMILES string of the molecule is CCCCc1cc(Cl)ccc1[C@@H]1COc2ccc3cc2N(C1)C[C@@H]1CC[C@H]1[C@@H](O)CC[C@@H](C)[C@H](C)[C@@H](C)S(=O)(=O)NC3=O. The first-order chi connectivity index (χ1) is 20.5. The van der Waals surface area contributed by atoms with Crippen LogP contribution in [0.3, 0.4) is 0 Å². The molecule has 1 aliphatic carbocycles. The normalized spacial score (nSPS) is 31.2. The molecule has 1 amide bonds. The van der Waals surface area contributed by atoms with E-state index in [-0.39, 0.29) is 29.2 Å². The van der Waals surface area contributed by atoms with E-state index < -0.39 is 27.3 Å². The summed E-state index contributed by atoms with van der Waals surface area (Å²) in [6, 6.07) is 11.3. The fraction of sp³-hybridized carbons (Fsp3) is 0.618. The molecule has 2 aromatic rings. The van der Waals surface area contributed by atoms with Crippen molar-refractivity contribution in [3.63, 3.8) is 0 Å². The van der Waals surface area contributed by atoms with E-state index in [4.69, 9.17) is 16.3 Å². The number of aryl methyl sites for hydroxylation is 1. The summed E-state index contributed by atoms with van der Waals surface area (Å²) in [6.07, 6.45) is 6.10. The van der Waals surface area contributed by atoms with Gasteiger partial charge in [-0.2, -0.15) is 0 Å². The number of fused-ring (bicyclic) bond motifs is 2. The van der Waals surface area contributed by atoms with Gasteiger partial charge in [-0.15, -0.1) is 0 Å². The van der Waals surface area contributed by atoms with Crippen LogP contribution in [0.5, 0.6) is 5.75 Å². The second kappa shape index (κ2) is 13.4. The molecule has 2 aliphatic heterocycles. The van der Waals surface area contributed by atoms with Crippen LogP contribution in [0, 0.1) is 23.7 Å². The van der Waals surface area contributed by atoms with E-state index in [9.17, 15) is 18.3 Å². The largest absolute Gasteiger partial charge is 0.491 e. The summed E-state index contributed by atoms with van der Waals surface area (Å²) >= 11 is 6.42. The molecule has 3 aliphatic rings. The van der Waals surface area contributed by atoms with Crippen LogP contribution in [-0.4, -0.2) is 50.5 Å². The lowest BCUT2D eigenvalue weighted by Gasteiger charge is -2.43. The Morgan fingerprint density at radius 3 is 2.56 bits per heavy atom. The maximum absolute atomic E-state index is 13.4. The fourth-order valence-electron chi connectivity index (χ4n) is 7.10. The number of benzene rings is 2. The van der Waals surface area contributed by atoms with Crippen molar-refractivity contribution < 1.29 is 23.1 Å². The molecule has 236 valence electrons. The van der Waals surface area contributed by atoms with Crippen molar-refractivity contribution >= 4 is 33.2 Å². The molecule has 0 spiro atoms. The van der Waals surface area contributed by atoms with E-state index in [0.717, 1.165) is 55.8 Å². The number of hydrogen-bond donors (Lipinski definition) is 2. The van der Waals surface area contributed by atoms with Crippen LogP contribution in [0.1, 0.15) is 93.6 Å². The van der Waals surface area contributed by atoms with Gasteiger partial charge in [-0.05, 0) is 111 Å². The van der Waals surface area contributed by atoms with Crippen molar-refractivity contribution in [3.05, 3.63) is 58.1 Å². The predicted molar refractivity (Wildman–Crippen MR) is 173 cm³/mol. The van der Waals surface area contributed by atoms with E-state index >= 15 is 0 Å². The summed E-state index contributed by atoms with van der Waals surface area (Å²) in [6.45, 7) is 9.71. The maximum atomic E-state index is 13.4. The number of carbonyl (C=O) groups is 1. The minimum atomic E-state index is -3.91. The van der Waals surface area contributed by atoms with Crippen LogP contribution in [-0.2, 0) is 16.4 Å². The zero-order valence-corrected chi connectivity index (χ0v) is 27.5. The molecule has 2 heterocycles. The molecule has 7 nitrogen and oxygen atoms in total. The Labute approximate surface area is 262 Å². The molecular weight excluding hydrogens is 584 g/mol. The molecule has 2 N–H and O–H groups in total. The Bertz CT molecular complexity index is 1420. The number of anilines is 1. The van der Waals surface area contributed by atoms with Gasteiger partial charge in [0.15, 0.2) is 0 Å². The molecule has 1 saturated carbocycles. The van der Waals surface area contributed by atoms with Gasteiger partial charge in [0, 0.05) is 29.6 Å². The van der Waals surface area contributed by atoms with Gasteiger partial charge in [-0.1, -0.05) is 44.9 Å². The summed E-state index contributed by atoms with van der Waals surface area (Å²) in [4.78, 5) is 15.7. The van der Waals surface area contributed by atoms with E-state index in [0.29, 0.717) is 31.2 Å². The lowest BCUT2D eigenvalue weighted by Crippen LogP contribution is -2.45. The summed E-state index contributed by atoms with van der Waals surface area (Å²) in [5.74, 6) is 0.558. The summed E-state index contributed by atoms with van der Waals surface area (Å²) < 4.78 is 35.3. The smallest absolute Gasteiger partial charge is 0.264 e. The number of unbranched alkanes of at least 4 members (excludes halogenated alkanes) is 1. The molecule has 2 aromatic carbocycles. The molecule has 0 unspecified atom stereocenters. The van der Waals surface area contributed by atoms with Crippen molar-refractivity contribution in [2.75, 3.05) is 24.6 Å². The number of amides is 1. The van der Waals surface area contributed by atoms with Crippen molar-refractivity contribution in [1.29, 1.82) is 0 Å². The fourth-order valence-corrected chi connectivity index (χ4v) is 8.69. The van der Waals surface area contributed by atoms with Crippen molar-refractivity contribution in [2.45, 2.75) is 89.9 Å². The second-order valence-corrected chi connectivity index (χ2v) is 15.7. The highest BCUT2D eigenvalue weighted by Crippen LogP contribution is 2.43. The summed E-state index contributed by atoms with van der Waals surface area (Å²) in [5.41, 5.74) is 3.54. The first-order valence-corrected chi connectivity index (χ1v) is 17.9. The van der Waals surface area contributed by atoms with Crippen LogP contribution in [0.2, 0.25) is 5.02 Å². The van der Waals surface area contributed by atoms with E-state index in [1.54, 1.807) is 25.1 Å². The Morgan fingerprint density at radius 2 is 1.84 bits per heavy atom. The standard InChI is InChI=1S/C34H47ClN2O5S/c1-5-6-7-24-16-28(35)11-13-29(24)27-19-37-18-26-9-12-30(26)32(38)14-8-21(2)22(3)23(4)43(40,41)36-34(39)25-10-15-33(42-20-27)31(37)17-25/h10-11,13,15-17,21-23,26-27,30,32,38H,5-9,12,14,18-20H2,1-4H3,(H,36,39)/t21-,22+,23-,26+,27+,30-,32+/m1/s1. The molecule has 2 bridgehead atoms. The van der Waals surface area contributed by atoms with Gasteiger partial charge in [0.1, 0.15) is 5.75 Å². The zero-order chi connectivity index (χ0) is 30.9. The molecule has 5 rings (SSSR count). The van der Waals surface area contributed by atoms with Gasteiger partial charge in [0.25, 0.3) is 5.91 Å². The minimum absolute atomic E-state index is 0.0754. The number of hydrogen-bond acceptors (Lipinski definition) is 6. The predicted octanol–water partition coefficient (Wildman–Crippen LogP) is 6.57. The van der Waals surface area contributed by atoms with E-state index in [1.807, 2.05) is 19.9 Å². The van der Waals surface area contributed by atoms with Crippen molar-refractivity contribution in [1.82, 2.24) is 4.72 Å². The first kappa shape index (κ1) is 32.1. The van der Waals surface area contributed by atoms with Crippen LogP contribution in [0.4, 0.5) is 5.69 Å². The van der Waals surface area contributed by atoms with Gasteiger partial charge >= 0.3 is 0 Å². The average molecular weight is 631 g/mol. The average Bonchev–Trinajstić information content (AvgIpc) is 3.14. The topological polar surface area (TPSA) is 95.9 Å². The first-order valence-electron chi connectivity index (χ1n) is 16.0. The number of nitrogens with zero attached hydrogens (tertiary/aromatic N) is 1. The number of sulfonamides is 1. The number of halogens is 1. The number of nitrogens with one attached hydrogen (secondary N) is 1. The highest BCUT2D eigenvalue weighted by Gasteiger charge is 2.40. The Morgan fingerprint density at radius 1 is 1.05 bits per heavy atom. The number of rotatable bonds is 4. The Kier molecular flexibility index (Phi) is 9.99.